The summed E-state index contributed by atoms with van der Waals surface area (Å²) in [6, 6.07) is 1.67. The number of hydrogen-bond donors (Lipinski definition) is 0. The summed E-state index contributed by atoms with van der Waals surface area (Å²) >= 11 is 0. The van der Waals surface area contributed by atoms with E-state index in [-0.39, 0.29) is 12.0 Å². The van der Waals surface area contributed by atoms with Gasteiger partial charge in [0.25, 0.3) is 0 Å². The Bertz CT molecular complexity index is 397. The minimum absolute atomic E-state index is 0.286. The van der Waals surface area contributed by atoms with Crippen molar-refractivity contribution in [2.75, 3.05) is 20.7 Å². The highest BCUT2D eigenvalue weighted by Gasteiger charge is 2.67. The molecule has 0 aromatic heterocycles. The van der Waals surface area contributed by atoms with Crippen molar-refractivity contribution in [3.8, 4) is 6.07 Å². The summed E-state index contributed by atoms with van der Waals surface area (Å²) in [7, 11) is 2.99. The number of hydrogen-bond acceptors (Lipinski definition) is 4. The standard InChI is InChI=1S/C11H15N3O3/c1-4-17-8-5-7-9(15)13(2)10(16)14(3)11(7,8)6-12/h7-8H,4-5H2,1-3H3. The van der Waals surface area contributed by atoms with Gasteiger partial charge in [0.2, 0.25) is 5.91 Å². The van der Waals surface area contributed by atoms with Gasteiger partial charge < -0.3 is 9.64 Å². The van der Waals surface area contributed by atoms with Gasteiger partial charge in [-0.25, -0.2) is 4.79 Å². The monoisotopic (exact) mass is 237 g/mol. The zero-order chi connectivity index (χ0) is 12.8. The van der Waals surface area contributed by atoms with Crippen LogP contribution in [0.3, 0.4) is 0 Å². The van der Waals surface area contributed by atoms with E-state index >= 15 is 0 Å². The van der Waals surface area contributed by atoms with Gasteiger partial charge in [-0.05, 0) is 13.3 Å². The predicted octanol–water partition coefficient (Wildman–Crippen LogP) is 0.198. The molecule has 92 valence electrons. The number of nitrogens with zero attached hydrogens (tertiary/aromatic N) is 3. The van der Waals surface area contributed by atoms with Crippen molar-refractivity contribution in [1.82, 2.24) is 9.80 Å². The summed E-state index contributed by atoms with van der Waals surface area (Å²) in [4.78, 5) is 26.2. The average Bonchev–Trinajstić information content (AvgIpc) is 2.31. The van der Waals surface area contributed by atoms with Gasteiger partial charge in [0.1, 0.15) is 0 Å². The topological polar surface area (TPSA) is 73.6 Å². The van der Waals surface area contributed by atoms with Crippen LogP contribution in [0, 0.1) is 17.2 Å². The maximum atomic E-state index is 11.9. The first kappa shape index (κ1) is 11.9. The second kappa shape index (κ2) is 3.70. The molecule has 3 unspecified atom stereocenters. The minimum atomic E-state index is -1.11. The van der Waals surface area contributed by atoms with Crippen molar-refractivity contribution in [1.29, 1.82) is 5.26 Å². The second-order valence-corrected chi connectivity index (χ2v) is 4.41. The zero-order valence-electron chi connectivity index (χ0n) is 10.1. The van der Waals surface area contributed by atoms with E-state index in [1.807, 2.05) is 6.92 Å². The lowest BCUT2D eigenvalue weighted by Gasteiger charge is -2.57. The number of carbonyl (C=O) groups excluding carboxylic acids is 2. The smallest absolute Gasteiger partial charge is 0.327 e. The van der Waals surface area contributed by atoms with Crippen LogP contribution in [0.2, 0.25) is 0 Å². The number of amides is 3. The van der Waals surface area contributed by atoms with E-state index in [1.165, 1.54) is 11.9 Å². The van der Waals surface area contributed by atoms with Crippen molar-refractivity contribution in [2.24, 2.45) is 5.92 Å². The Morgan fingerprint density at radius 2 is 2.18 bits per heavy atom. The van der Waals surface area contributed by atoms with E-state index in [0.717, 1.165) is 4.90 Å². The van der Waals surface area contributed by atoms with Gasteiger partial charge >= 0.3 is 6.03 Å². The molecule has 1 saturated heterocycles. The molecule has 6 heteroatoms. The van der Waals surface area contributed by atoms with Gasteiger partial charge in [0.05, 0.1) is 18.1 Å². The summed E-state index contributed by atoms with van der Waals surface area (Å²) < 4.78 is 5.46. The average molecular weight is 237 g/mol. The number of rotatable bonds is 2. The summed E-state index contributed by atoms with van der Waals surface area (Å²) in [5.74, 6) is -0.748. The van der Waals surface area contributed by atoms with Gasteiger partial charge in [0, 0.05) is 20.7 Å². The quantitative estimate of drug-likeness (QED) is 0.687. The summed E-state index contributed by atoms with van der Waals surface area (Å²) in [6.45, 7) is 2.30. The third-order valence-corrected chi connectivity index (χ3v) is 3.78. The maximum Gasteiger partial charge on any atom is 0.327 e. The second-order valence-electron chi connectivity index (χ2n) is 4.41. The molecule has 1 saturated carbocycles. The highest BCUT2D eigenvalue weighted by Crippen LogP contribution is 2.48. The third kappa shape index (κ3) is 1.23. The molecule has 0 radical (unpaired) electrons. The van der Waals surface area contributed by atoms with E-state index in [4.69, 9.17) is 4.74 Å². The Morgan fingerprint density at radius 3 is 2.71 bits per heavy atom. The molecule has 0 aromatic carbocycles. The molecule has 6 nitrogen and oxygen atoms in total. The Hall–Kier alpha value is -1.61. The number of carbonyl (C=O) groups is 2. The number of ether oxygens (including phenoxy) is 1. The summed E-state index contributed by atoms with van der Waals surface area (Å²) in [5, 5.41) is 9.37. The molecule has 2 rings (SSSR count). The molecule has 3 amide bonds. The zero-order valence-corrected chi connectivity index (χ0v) is 10.1. The van der Waals surface area contributed by atoms with Crippen molar-refractivity contribution in [3.63, 3.8) is 0 Å². The van der Waals surface area contributed by atoms with Crippen LogP contribution >= 0.6 is 0 Å². The lowest BCUT2D eigenvalue weighted by atomic mass is 9.62. The maximum absolute atomic E-state index is 11.9. The molecule has 0 aromatic rings. The first-order valence-electron chi connectivity index (χ1n) is 5.58. The van der Waals surface area contributed by atoms with Crippen LogP contribution in [-0.4, -0.2) is 54.1 Å². The number of urea groups is 1. The van der Waals surface area contributed by atoms with Crippen molar-refractivity contribution < 1.29 is 14.3 Å². The van der Waals surface area contributed by atoms with Crippen LogP contribution in [-0.2, 0) is 9.53 Å². The fourth-order valence-electron chi connectivity index (χ4n) is 2.71. The van der Waals surface area contributed by atoms with E-state index in [2.05, 4.69) is 6.07 Å². The van der Waals surface area contributed by atoms with E-state index < -0.39 is 17.5 Å². The van der Waals surface area contributed by atoms with Gasteiger partial charge in [-0.2, -0.15) is 5.26 Å². The van der Waals surface area contributed by atoms with E-state index in [9.17, 15) is 14.9 Å². The molecule has 0 N–H and O–H groups in total. The first-order valence-corrected chi connectivity index (χ1v) is 5.58. The van der Waals surface area contributed by atoms with Crippen LogP contribution in [0.5, 0.6) is 0 Å². The minimum Gasteiger partial charge on any atom is -0.375 e. The number of nitriles is 1. The largest absolute Gasteiger partial charge is 0.375 e. The lowest BCUT2D eigenvalue weighted by molar-refractivity contribution is -0.173. The lowest BCUT2D eigenvalue weighted by Crippen LogP contribution is -2.77. The summed E-state index contributed by atoms with van der Waals surface area (Å²) in [6.07, 6.45) is 0.136. The molecule has 2 aliphatic rings. The fraction of sp³-hybridized carbons (Fsp3) is 0.727. The molecule has 1 aliphatic heterocycles. The SMILES string of the molecule is CCOC1CC2C(=O)N(C)C(=O)N(C)C12C#N. The molecule has 0 spiro atoms. The molecular formula is C11H15N3O3. The van der Waals surface area contributed by atoms with Gasteiger partial charge in [0.15, 0.2) is 5.54 Å². The van der Waals surface area contributed by atoms with Crippen molar-refractivity contribution >= 4 is 11.9 Å². The van der Waals surface area contributed by atoms with Gasteiger partial charge in [-0.15, -0.1) is 0 Å². The van der Waals surface area contributed by atoms with Gasteiger partial charge in [-0.1, -0.05) is 0 Å². The van der Waals surface area contributed by atoms with Crippen LogP contribution in [0.15, 0.2) is 0 Å². The molecule has 2 fully saturated rings. The predicted molar refractivity (Wildman–Crippen MR) is 57.8 cm³/mol. The van der Waals surface area contributed by atoms with E-state index in [1.54, 1.807) is 7.05 Å². The first-order chi connectivity index (χ1) is 8.00. The molecule has 0 bridgehead atoms. The highest BCUT2D eigenvalue weighted by atomic mass is 16.5. The van der Waals surface area contributed by atoms with Crippen LogP contribution in [0.1, 0.15) is 13.3 Å². The summed E-state index contributed by atoms with van der Waals surface area (Å²) in [5.41, 5.74) is -1.11. The highest BCUT2D eigenvalue weighted by molar-refractivity contribution is 6.00. The Balaban J connectivity index is 2.38. The van der Waals surface area contributed by atoms with Crippen molar-refractivity contribution in [2.45, 2.75) is 25.0 Å². The Labute approximate surface area is 99.7 Å². The molecule has 3 atom stereocenters. The third-order valence-electron chi connectivity index (χ3n) is 3.78. The number of fused-ring (bicyclic) bond motifs is 1. The van der Waals surface area contributed by atoms with Crippen LogP contribution in [0.25, 0.3) is 0 Å². The number of imide groups is 1. The van der Waals surface area contributed by atoms with Crippen LogP contribution < -0.4 is 0 Å². The molecule has 17 heavy (non-hydrogen) atoms. The van der Waals surface area contributed by atoms with Crippen molar-refractivity contribution in [3.05, 3.63) is 0 Å². The molecular weight excluding hydrogens is 222 g/mol. The fourth-order valence-corrected chi connectivity index (χ4v) is 2.71. The molecule has 1 aliphatic carbocycles. The van der Waals surface area contributed by atoms with Crippen LogP contribution in [0.4, 0.5) is 4.79 Å². The normalized spacial score (nSPS) is 36.4. The molecule has 1 heterocycles. The number of likely N-dealkylation sites (N-methyl/N-ethyl adjacent to an activating group) is 1. The Kier molecular flexibility index (Phi) is 2.59. The Morgan fingerprint density at radius 1 is 1.53 bits per heavy atom. The van der Waals surface area contributed by atoms with Gasteiger partial charge in [-0.3, -0.25) is 9.69 Å². The van der Waals surface area contributed by atoms with E-state index in [0.29, 0.717) is 13.0 Å².